The number of esters is 1. The van der Waals surface area contributed by atoms with E-state index in [9.17, 15) is 18.0 Å². The first kappa shape index (κ1) is 19.2. The monoisotopic (exact) mass is 461 g/mol. The molecular formula is C21H11BrF3NO3. The molecule has 1 aliphatic rings. The van der Waals surface area contributed by atoms with Gasteiger partial charge >= 0.3 is 12.1 Å². The molecule has 0 fully saturated rings. The largest absolute Gasteiger partial charge is 0.457 e. The highest BCUT2D eigenvalue weighted by Crippen LogP contribution is 2.33. The van der Waals surface area contributed by atoms with Crippen molar-refractivity contribution in [3.8, 4) is 11.3 Å². The van der Waals surface area contributed by atoms with Gasteiger partial charge in [-0.25, -0.2) is 9.79 Å². The third kappa shape index (κ3) is 4.17. The molecule has 29 heavy (non-hydrogen) atoms. The zero-order valence-electron chi connectivity index (χ0n) is 14.5. The van der Waals surface area contributed by atoms with Crippen molar-refractivity contribution in [1.82, 2.24) is 0 Å². The first-order chi connectivity index (χ1) is 13.8. The van der Waals surface area contributed by atoms with Crippen molar-refractivity contribution in [2.24, 2.45) is 4.99 Å². The van der Waals surface area contributed by atoms with E-state index in [0.717, 1.165) is 16.6 Å². The van der Waals surface area contributed by atoms with Crippen LogP contribution in [0.15, 0.2) is 80.2 Å². The lowest BCUT2D eigenvalue weighted by molar-refractivity contribution is -0.137. The van der Waals surface area contributed by atoms with Gasteiger partial charge in [0.15, 0.2) is 5.70 Å². The van der Waals surface area contributed by atoms with Crippen molar-refractivity contribution in [3.63, 3.8) is 0 Å². The maximum absolute atomic E-state index is 12.9. The van der Waals surface area contributed by atoms with Crippen LogP contribution in [0, 0.1) is 0 Å². The summed E-state index contributed by atoms with van der Waals surface area (Å²) < 4.78 is 50.3. The Morgan fingerprint density at radius 2 is 1.72 bits per heavy atom. The summed E-state index contributed by atoms with van der Waals surface area (Å²) in [6.45, 7) is 0. The SMILES string of the molecule is O=C1OC(c2ccc(Br)cc2)=N/C1=C\c1ccc(-c2cccc(C(F)(F)F)c2)o1. The number of ether oxygens (including phenoxy) is 1. The summed E-state index contributed by atoms with van der Waals surface area (Å²) in [6, 6.07) is 15.0. The van der Waals surface area contributed by atoms with E-state index in [1.54, 1.807) is 30.3 Å². The fourth-order valence-corrected chi connectivity index (χ4v) is 2.96. The van der Waals surface area contributed by atoms with Gasteiger partial charge in [0.1, 0.15) is 11.5 Å². The molecule has 2 aromatic carbocycles. The van der Waals surface area contributed by atoms with Gasteiger partial charge in [-0.05, 0) is 48.5 Å². The number of aliphatic imine (C=N–C) groups is 1. The summed E-state index contributed by atoms with van der Waals surface area (Å²) >= 11 is 3.32. The molecule has 0 atom stereocenters. The molecule has 146 valence electrons. The van der Waals surface area contributed by atoms with Gasteiger partial charge in [-0.15, -0.1) is 0 Å². The van der Waals surface area contributed by atoms with Crippen LogP contribution in [-0.2, 0) is 15.7 Å². The van der Waals surface area contributed by atoms with Crippen molar-refractivity contribution in [2.45, 2.75) is 6.18 Å². The molecular weight excluding hydrogens is 451 g/mol. The second-order valence-corrected chi connectivity index (χ2v) is 7.04. The average molecular weight is 462 g/mol. The number of alkyl halides is 3. The molecule has 1 aromatic heterocycles. The van der Waals surface area contributed by atoms with Gasteiger partial charge in [-0.3, -0.25) is 0 Å². The molecule has 0 aliphatic carbocycles. The number of furan rings is 1. The van der Waals surface area contributed by atoms with Crippen LogP contribution in [0.1, 0.15) is 16.9 Å². The summed E-state index contributed by atoms with van der Waals surface area (Å²) in [4.78, 5) is 16.3. The van der Waals surface area contributed by atoms with E-state index in [2.05, 4.69) is 20.9 Å². The third-order valence-electron chi connectivity index (χ3n) is 4.09. The van der Waals surface area contributed by atoms with Gasteiger partial charge in [0.2, 0.25) is 5.90 Å². The molecule has 8 heteroatoms. The van der Waals surface area contributed by atoms with Gasteiger partial charge in [0, 0.05) is 21.7 Å². The van der Waals surface area contributed by atoms with E-state index in [-0.39, 0.29) is 28.7 Å². The summed E-state index contributed by atoms with van der Waals surface area (Å²) in [6.07, 6.45) is -3.07. The Hall–Kier alpha value is -3.13. The topological polar surface area (TPSA) is 51.8 Å². The van der Waals surface area contributed by atoms with E-state index in [0.29, 0.717) is 5.56 Å². The lowest BCUT2D eigenvalue weighted by atomic mass is 10.1. The van der Waals surface area contributed by atoms with Crippen LogP contribution in [0.25, 0.3) is 17.4 Å². The summed E-state index contributed by atoms with van der Waals surface area (Å²) in [5.41, 5.74) is 0.175. The zero-order valence-corrected chi connectivity index (χ0v) is 16.1. The lowest BCUT2D eigenvalue weighted by Crippen LogP contribution is -2.05. The van der Waals surface area contributed by atoms with Crippen LogP contribution in [0.3, 0.4) is 0 Å². The fourth-order valence-electron chi connectivity index (χ4n) is 2.69. The molecule has 0 radical (unpaired) electrons. The summed E-state index contributed by atoms with van der Waals surface area (Å²) in [7, 11) is 0. The molecule has 0 N–H and O–H groups in total. The quantitative estimate of drug-likeness (QED) is 0.351. The van der Waals surface area contributed by atoms with Crippen molar-refractivity contribution in [3.05, 3.63) is 87.7 Å². The zero-order chi connectivity index (χ0) is 20.6. The van der Waals surface area contributed by atoms with Crippen LogP contribution in [0.2, 0.25) is 0 Å². The van der Waals surface area contributed by atoms with Crippen LogP contribution >= 0.6 is 15.9 Å². The van der Waals surface area contributed by atoms with Gasteiger partial charge in [-0.2, -0.15) is 13.2 Å². The number of nitrogens with zero attached hydrogens (tertiary/aromatic N) is 1. The van der Waals surface area contributed by atoms with Gasteiger partial charge in [0.05, 0.1) is 5.56 Å². The maximum atomic E-state index is 12.9. The van der Waals surface area contributed by atoms with Gasteiger partial charge in [-0.1, -0.05) is 28.1 Å². The first-order valence-electron chi connectivity index (χ1n) is 8.35. The number of hydrogen-bond acceptors (Lipinski definition) is 4. The van der Waals surface area contributed by atoms with E-state index >= 15 is 0 Å². The maximum Gasteiger partial charge on any atom is 0.416 e. The third-order valence-corrected chi connectivity index (χ3v) is 4.62. The van der Waals surface area contributed by atoms with E-state index < -0.39 is 17.7 Å². The first-order valence-corrected chi connectivity index (χ1v) is 9.15. The molecule has 0 spiro atoms. The molecule has 0 saturated heterocycles. The minimum Gasteiger partial charge on any atom is -0.457 e. The Morgan fingerprint density at radius 3 is 2.45 bits per heavy atom. The standard InChI is InChI=1S/C21H11BrF3NO3/c22-15-6-4-12(5-7-15)19-26-17(20(27)29-19)11-16-8-9-18(28-16)13-2-1-3-14(10-13)21(23,24)25/h1-11H/b17-11-. The second-order valence-electron chi connectivity index (χ2n) is 6.12. The molecule has 3 aromatic rings. The number of hydrogen-bond donors (Lipinski definition) is 0. The Morgan fingerprint density at radius 1 is 0.966 bits per heavy atom. The number of benzene rings is 2. The van der Waals surface area contributed by atoms with Gasteiger partial charge in [0.25, 0.3) is 0 Å². The fraction of sp³-hybridized carbons (Fsp3) is 0.0476. The molecule has 0 saturated carbocycles. The Kier molecular flexibility index (Phi) is 4.87. The second kappa shape index (κ2) is 7.36. The van der Waals surface area contributed by atoms with Crippen molar-refractivity contribution >= 4 is 33.9 Å². The highest BCUT2D eigenvalue weighted by molar-refractivity contribution is 9.10. The Balaban J connectivity index is 1.61. The average Bonchev–Trinajstić information content (AvgIpc) is 3.29. The van der Waals surface area contributed by atoms with Crippen molar-refractivity contribution in [1.29, 1.82) is 0 Å². The molecule has 0 amide bonds. The van der Waals surface area contributed by atoms with Crippen molar-refractivity contribution in [2.75, 3.05) is 0 Å². The Labute approximate surface area is 171 Å². The number of halogens is 4. The number of cyclic esters (lactones) is 1. The lowest BCUT2D eigenvalue weighted by Gasteiger charge is -2.07. The number of carbonyl (C=O) groups excluding carboxylic acids is 1. The molecule has 0 bridgehead atoms. The minimum absolute atomic E-state index is 0.0351. The molecule has 4 nitrogen and oxygen atoms in total. The van der Waals surface area contributed by atoms with Crippen LogP contribution in [0.5, 0.6) is 0 Å². The number of rotatable bonds is 3. The smallest absolute Gasteiger partial charge is 0.416 e. The van der Waals surface area contributed by atoms with Crippen molar-refractivity contribution < 1.29 is 27.1 Å². The highest BCUT2D eigenvalue weighted by atomic mass is 79.9. The molecule has 2 heterocycles. The minimum atomic E-state index is -4.45. The van der Waals surface area contributed by atoms with E-state index in [1.165, 1.54) is 24.3 Å². The predicted molar refractivity (Wildman–Crippen MR) is 104 cm³/mol. The summed E-state index contributed by atoms with van der Waals surface area (Å²) in [5, 5.41) is 0. The Bertz CT molecular complexity index is 1140. The molecule has 4 rings (SSSR count). The molecule has 0 unspecified atom stereocenters. The number of carbonyl (C=O) groups is 1. The van der Waals surface area contributed by atoms with Crippen LogP contribution < -0.4 is 0 Å². The summed E-state index contributed by atoms with van der Waals surface area (Å²) in [5.74, 6) is 0.0370. The normalized spacial score (nSPS) is 15.5. The highest BCUT2D eigenvalue weighted by Gasteiger charge is 2.30. The van der Waals surface area contributed by atoms with Gasteiger partial charge < -0.3 is 9.15 Å². The van der Waals surface area contributed by atoms with Crippen LogP contribution in [-0.4, -0.2) is 11.9 Å². The van der Waals surface area contributed by atoms with Crippen LogP contribution in [0.4, 0.5) is 13.2 Å². The van der Waals surface area contributed by atoms with E-state index in [4.69, 9.17) is 9.15 Å². The van der Waals surface area contributed by atoms with E-state index in [1.807, 2.05) is 0 Å². The predicted octanol–water partition coefficient (Wildman–Crippen LogP) is 6.07. The molecule has 1 aliphatic heterocycles.